The van der Waals surface area contributed by atoms with Gasteiger partial charge in [0.2, 0.25) is 0 Å². The second-order valence-electron chi connectivity index (χ2n) is 5.33. The summed E-state index contributed by atoms with van der Waals surface area (Å²) >= 11 is 0. The Morgan fingerprint density at radius 3 is 2.39 bits per heavy atom. The highest BCUT2D eigenvalue weighted by atomic mass is 16.2. The third kappa shape index (κ3) is 8.50. The Labute approximate surface area is 137 Å². The minimum absolute atomic E-state index is 0.268. The Balaban J connectivity index is 5.35. The first-order chi connectivity index (χ1) is 10.7. The molecule has 4 N–H and O–H groups in total. The number of amides is 3. The maximum Gasteiger partial charge on any atom is 0.319 e. The van der Waals surface area contributed by atoms with Gasteiger partial charge in [-0.15, -0.1) is 0 Å². The van der Waals surface area contributed by atoms with E-state index in [1.165, 1.54) is 13.0 Å². The van der Waals surface area contributed by atoms with E-state index in [4.69, 9.17) is 11.1 Å². The van der Waals surface area contributed by atoms with Crippen molar-refractivity contribution < 1.29 is 9.59 Å². The lowest BCUT2D eigenvalue weighted by Crippen LogP contribution is -2.35. The lowest BCUT2D eigenvalue weighted by molar-refractivity contribution is -0.116. The van der Waals surface area contributed by atoms with E-state index >= 15 is 0 Å². The SMILES string of the molecule is CC[C@@H](C)\C=C/C(C)=N\C(C)=C(C=N)/C=C(\C)C(=O)NC(N)=O. The summed E-state index contributed by atoms with van der Waals surface area (Å²) in [5, 5.41) is 9.45. The standard InChI is InChI=1S/C17H26N4O2/c1-6-11(2)7-8-13(4)20-14(5)15(10-18)9-12(3)16(22)21-17(19)23/h7-11,18H,6H2,1-5H3,(H3,19,21,22,23)/b8-7-,12-9+,15-14+,18-10?,20-13-/t11-/m1/s1. The first kappa shape index (κ1) is 20.5. The van der Waals surface area contributed by atoms with Gasteiger partial charge < -0.3 is 11.1 Å². The van der Waals surface area contributed by atoms with E-state index in [0.29, 0.717) is 17.2 Å². The largest absolute Gasteiger partial charge is 0.351 e. The molecule has 0 spiro atoms. The van der Waals surface area contributed by atoms with Crippen molar-refractivity contribution >= 4 is 23.9 Å². The summed E-state index contributed by atoms with van der Waals surface area (Å²) in [7, 11) is 0. The van der Waals surface area contributed by atoms with Crippen LogP contribution in [0.15, 0.2) is 40.1 Å². The van der Waals surface area contributed by atoms with Gasteiger partial charge in [0.15, 0.2) is 0 Å². The zero-order valence-corrected chi connectivity index (χ0v) is 14.4. The van der Waals surface area contributed by atoms with E-state index in [2.05, 4.69) is 24.9 Å². The molecule has 0 unspecified atom stereocenters. The molecule has 0 aromatic carbocycles. The van der Waals surface area contributed by atoms with Crippen molar-refractivity contribution in [2.24, 2.45) is 16.6 Å². The molecule has 0 radical (unpaired) electrons. The second kappa shape index (κ2) is 10.3. The second-order valence-corrected chi connectivity index (χ2v) is 5.33. The summed E-state index contributed by atoms with van der Waals surface area (Å²) in [6.45, 7) is 9.41. The van der Waals surface area contributed by atoms with Crippen molar-refractivity contribution in [3.8, 4) is 0 Å². The number of primary amides is 1. The fourth-order valence-electron chi connectivity index (χ4n) is 1.57. The molecule has 23 heavy (non-hydrogen) atoms. The average Bonchev–Trinajstić information content (AvgIpc) is 2.48. The molecule has 6 nitrogen and oxygen atoms in total. The van der Waals surface area contributed by atoms with Gasteiger partial charge in [-0.3, -0.25) is 15.1 Å². The van der Waals surface area contributed by atoms with Crippen molar-refractivity contribution in [2.75, 3.05) is 0 Å². The van der Waals surface area contributed by atoms with Crippen LogP contribution >= 0.6 is 0 Å². The van der Waals surface area contributed by atoms with Gasteiger partial charge in [0.25, 0.3) is 5.91 Å². The highest BCUT2D eigenvalue weighted by Gasteiger charge is 2.07. The maximum atomic E-state index is 11.6. The number of rotatable bonds is 7. The van der Waals surface area contributed by atoms with E-state index in [1.54, 1.807) is 6.92 Å². The number of carbonyl (C=O) groups excluding carboxylic acids is 2. The van der Waals surface area contributed by atoms with Gasteiger partial charge in [0, 0.05) is 28.8 Å². The molecule has 3 amide bonds. The van der Waals surface area contributed by atoms with E-state index in [0.717, 1.165) is 18.3 Å². The highest BCUT2D eigenvalue weighted by Crippen LogP contribution is 2.10. The molecular weight excluding hydrogens is 292 g/mol. The summed E-state index contributed by atoms with van der Waals surface area (Å²) in [5.41, 5.74) is 7.08. The molecule has 0 aromatic rings. The molecular formula is C17H26N4O2. The van der Waals surface area contributed by atoms with Crippen LogP contribution in [0.2, 0.25) is 0 Å². The molecule has 0 aliphatic heterocycles. The van der Waals surface area contributed by atoms with Gasteiger partial charge in [-0.05, 0) is 38.8 Å². The van der Waals surface area contributed by atoms with Crippen LogP contribution in [0.3, 0.4) is 0 Å². The minimum Gasteiger partial charge on any atom is -0.351 e. The van der Waals surface area contributed by atoms with Gasteiger partial charge in [-0.2, -0.15) is 0 Å². The molecule has 0 saturated carbocycles. The van der Waals surface area contributed by atoms with Crippen LogP contribution in [0.25, 0.3) is 0 Å². The lowest BCUT2D eigenvalue weighted by Gasteiger charge is -2.04. The van der Waals surface area contributed by atoms with Crippen LogP contribution in [0, 0.1) is 11.3 Å². The molecule has 0 heterocycles. The maximum absolute atomic E-state index is 11.6. The van der Waals surface area contributed by atoms with Crippen molar-refractivity contribution in [1.29, 1.82) is 5.41 Å². The minimum atomic E-state index is -0.913. The Kier molecular flexibility index (Phi) is 9.15. The first-order valence-corrected chi connectivity index (χ1v) is 7.45. The van der Waals surface area contributed by atoms with Crippen molar-refractivity contribution in [1.82, 2.24) is 5.32 Å². The van der Waals surface area contributed by atoms with Crippen LogP contribution in [0.4, 0.5) is 4.79 Å². The third-order valence-corrected chi connectivity index (χ3v) is 3.19. The molecule has 0 fully saturated rings. The van der Waals surface area contributed by atoms with E-state index in [-0.39, 0.29) is 5.57 Å². The lowest BCUT2D eigenvalue weighted by atomic mass is 10.1. The van der Waals surface area contributed by atoms with Gasteiger partial charge >= 0.3 is 6.03 Å². The van der Waals surface area contributed by atoms with Crippen LogP contribution < -0.4 is 11.1 Å². The zero-order chi connectivity index (χ0) is 18.0. The number of imide groups is 1. The van der Waals surface area contributed by atoms with Crippen LogP contribution in [-0.4, -0.2) is 23.9 Å². The molecule has 0 aliphatic rings. The fourth-order valence-corrected chi connectivity index (χ4v) is 1.57. The number of allylic oxidation sites excluding steroid dienone is 5. The van der Waals surface area contributed by atoms with Crippen LogP contribution in [0.1, 0.15) is 41.0 Å². The molecule has 0 bridgehead atoms. The van der Waals surface area contributed by atoms with Gasteiger partial charge in [0.05, 0.1) is 0 Å². The van der Waals surface area contributed by atoms with Gasteiger partial charge in [-0.25, -0.2) is 4.79 Å². The number of nitrogens with zero attached hydrogens (tertiary/aromatic N) is 1. The quantitative estimate of drug-likeness (QED) is 0.381. The number of urea groups is 1. The molecule has 0 rings (SSSR count). The van der Waals surface area contributed by atoms with Crippen molar-refractivity contribution in [3.63, 3.8) is 0 Å². The highest BCUT2D eigenvalue weighted by molar-refractivity contribution is 6.04. The Bertz CT molecular complexity index is 583. The molecule has 0 aliphatic carbocycles. The molecule has 126 valence electrons. The van der Waals surface area contributed by atoms with Crippen LogP contribution in [0.5, 0.6) is 0 Å². The Hall–Kier alpha value is -2.50. The summed E-state index contributed by atoms with van der Waals surface area (Å²) in [6, 6.07) is -0.913. The summed E-state index contributed by atoms with van der Waals surface area (Å²) in [5.74, 6) is -0.117. The predicted octanol–water partition coefficient (Wildman–Crippen LogP) is 3.11. The summed E-state index contributed by atoms with van der Waals surface area (Å²) in [4.78, 5) is 26.7. The normalized spacial score (nSPS) is 15.2. The molecule has 1 atom stereocenters. The molecule has 6 heteroatoms. The topological polar surface area (TPSA) is 108 Å². The monoisotopic (exact) mass is 318 g/mol. The fraction of sp³-hybridized carbons (Fsp3) is 0.412. The van der Waals surface area contributed by atoms with Crippen molar-refractivity contribution in [3.05, 3.63) is 35.1 Å². The third-order valence-electron chi connectivity index (χ3n) is 3.19. The zero-order valence-electron chi connectivity index (χ0n) is 14.4. The Morgan fingerprint density at radius 1 is 1.30 bits per heavy atom. The smallest absolute Gasteiger partial charge is 0.319 e. The Morgan fingerprint density at radius 2 is 1.91 bits per heavy atom. The van der Waals surface area contributed by atoms with Crippen molar-refractivity contribution in [2.45, 2.75) is 41.0 Å². The number of hydrogen-bond donors (Lipinski definition) is 3. The number of nitrogens with two attached hydrogens (primary N) is 1. The van der Waals surface area contributed by atoms with E-state index < -0.39 is 11.9 Å². The van der Waals surface area contributed by atoms with Gasteiger partial charge in [-0.1, -0.05) is 26.3 Å². The average molecular weight is 318 g/mol. The summed E-state index contributed by atoms with van der Waals surface area (Å²) < 4.78 is 0. The molecule has 0 saturated heterocycles. The first-order valence-electron chi connectivity index (χ1n) is 7.45. The van der Waals surface area contributed by atoms with E-state index in [1.807, 2.05) is 18.3 Å². The predicted molar refractivity (Wildman–Crippen MR) is 94.7 cm³/mol. The number of aliphatic imine (C=N–C) groups is 1. The summed E-state index contributed by atoms with van der Waals surface area (Å²) in [6.07, 6.45) is 7.69. The number of carbonyl (C=O) groups is 2. The number of hydrogen-bond acceptors (Lipinski definition) is 4. The number of nitrogens with one attached hydrogen (secondary N) is 2. The van der Waals surface area contributed by atoms with E-state index in [9.17, 15) is 9.59 Å². The van der Waals surface area contributed by atoms with Crippen LogP contribution in [-0.2, 0) is 4.79 Å². The molecule has 0 aromatic heterocycles. The van der Waals surface area contributed by atoms with Gasteiger partial charge in [0.1, 0.15) is 0 Å².